The molecule has 2 heterocycles. The Bertz CT molecular complexity index is 617. The number of aliphatic hydroxyl groups excluding tert-OH is 2. The van der Waals surface area contributed by atoms with Gasteiger partial charge in [-0.1, -0.05) is 12.8 Å². The number of rotatable bonds is 3. The van der Waals surface area contributed by atoms with Crippen molar-refractivity contribution in [2.24, 2.45) is 0 Å². The smallest absolute Gasteiger partial charge is 0.330 e. The fourth-order valence-corrected chi connectivity index (χ4v) is 3.29. The second-order valence-corrected chi connectivity index (χ2v) is 5.85. The molecular weight excluding hydrogens is 276 g/mol. The van der Waals surface area contributed by atoms with Crippen molar-refractivity contribution in [1.82, 2.24) is 9.55 Å². The molecule has 0 bridgehead atoms. The minimum atomic E-state index is -0.811. The van der Waals surface area contributed by atoms with Crippen molar-refractivity contribution in [3.05, 3.63) is 32.6 Å². The fourth-order valence-electron chi connectivity index (χ4n) is 3.29. The van der Waals surface area contributed by atoms with Crippen LogP contribution in [0.1, 0.15) is 49.8 Å². The van der Waals surface area contributed by atoms with Crippen molar-refractivity contribution in [3.63, 3.8) is 0 Å². The first kappa shape index (κ1) is 14.5. The topological polar surface area (TPSA) is 105 Å². The zero-order valence-electron chi connectivity index (χ0n) is 11.7. The molecule has 1 saturated carbocycles. The molecule has 7 nitrogen and oxygen atoms in total. The van der Waals surface area contributed by atoms with E-state index in [4.69, 9.17) is 9.84 Å². The molecule has 0 radical (unpaired) electrons. The van der Waals surface area contributed by atoms with E-state index in [9.17, 15) is 14.7 Å². The van der Waals surface area contributed by atoms with Crippen LogP contribution in [0, 0.1) is 0 Å². The number of aromatic amines is 1. The summed E-state index contributed by atoms with van der Waals surface area (Å²) >= 11 is 0. The van der Waals surface area contributed by atoms with E-state index in [0.717, 1.165) is 25.7 Å². The number of ether oxygens (including phenoxy) is 1. The second-order valence-electron chi connectivity index (χ2n) is 5.85. The number of hydrogen-bond acceptors (Lipinski definition) is 5. The van der Waals surface area contributed by atoms with E-state index in [0.29, 0.717) is 5.56 Å². The van der Waals surface area contributed by atoms with Crippen LogP contribution in [0.4, 0.5) is 0 Å². The van der Waals surface area contributed by atoms with E-state index in [2.05, 4.69) is 4.98 Å². The minimum absolute atomic E-state index is 0.181. The third kappa shape index (κ3) is 2.68. The maximum absolute atomic E-state index is 12.0. The van der Waals surface area contributed by atoms with Gasteiger partial charge in [0.25, 0.3) is 5.56 Å². The zero-order chi connectivity index (χ0) is 15.0. The largest absolute Gasteiger partial charge is 0.394 e. The molecule has 116 valence electrons. The molecule has 1 aromatic heterocycles. The van der Waals surface area contributed by atoms with Crippen molar-refractivity contribution in [2.45, 2.75) is 56.5 Å². The Morgan fingerprint density at radius 3 is 2.67 bits per heavy atom. The van der Waals surface area contributed by atoms with Crippen LogP contribution in [0.5, 0.6) is 0 Å². The number of nitrogens with one attached hydrogen (secondary N) is 1. The Morgan fingerprint density at radius 1 is 1.33 bits per heavy atom. The summed E-state index contributed by atoms with van der Waals surface area (Å²) in [5.74, 6) is 0.181. The van der Waals surface area contributed by atoms with Crippen molar-refractivity contribution in [2.75, 3.05) is 6.61 Å². The third-order valence-electron chi connectivity index (χ3n) is 4.48. The highest BCUT2D eigenvalue weighted by Crippen LogP contribution is 2.33. The number of aromatic nitrogens is 2. The molecule has 1 aromatic rings. The third-order valence-corrected chi connectivity index (χ3v) is 4.48. The van der Waals surface area contributed by atoms with Crippen molar-refractivity contribution in [3.8, 4) is 0 Å². The summed E-state index contributed by atoms with van der Waals surface area (Å²) in [5, 5.41) is 18.9. The van der Waals surface area contributed by atoms with Gasteiger partial charge in [0.05, 0.1) is 12.7 Å². The molecule has 2 fully saturated rings. The molecule has 0 unspecified atom stereocenters. The van der Waals surface area contributed by atoms with Gasteiger partial charge in [-0.3, -0.25) is 14.3 Å². The highest BCUT2D eigenvalue weighted by molar-refractivity contribution is 5.13. The first-order valence-electron chi connectivity index (χ1n) is 7.40. The molecule has 1 saturated heterocycles. The molecule has 3 atom stereocenters. The van der Waals surface area contributed by atoms with Crippen LogP contribution in [0.2, 0.25) is 0 Å². The first-order chi connectivity index (χ1) is 10.1. The Labute approximate surface area is 121 Å². The molecule has 0 aromatic carbocycles. The van der Waals surface area contributed by atoms with Gasteiger partial charge in [0.15, 0.2) is 0 Å². The molecule has 3 rings (SSSR count). The number of aliphatic hydroxyl groups is 2. The van der Waals surface area contributed by atoms with Crippen molar-refractivity contribution in [1.29, 1.82) is 0 Å². The lowest BCUT2D eigenvalue weighted by Gasteiger charge is -2.17. The summed E-state index contributed by atoms with van der Waals surface area (Å²) in [4.78, 5) is 26.3. The lowest BCUT2D eigenvalue weighted by Crippen LogP contribution is -2.34. The highest BCUT2D eigenvalue weighted by atomic mass is 16.5. The van der Waals surface area contributed by atoms with E-state index in [1.54, 1.807) is 6.20 Å². The monoisotopic (exact) mass is 296 g/mol. The second kappa shape index (κ2) is 5.75. The van der Waals surface area contributed by atoms with E-state index < -0.39 is 24.1 Å². The average molecular weight is 296 g/mol. The Morgan fingerprint density at radius 2 is 2.05 bits per heavy atom. The molecule has 0 amide bonds. The Hall–Kier alpha value is -1.44. The molecular formula is C14H20N2O5. The zero-order valence-corrected chi connectivity index (χ0v) is 11.7. The molecule has 1 aliphatic carbocycles. The SMILES string of the molecule is O=c1[nH]c(=O)n([C@H]2C[C@H](O)[C@@H](CO)O2)cc1C1CCCC1. The normalized spacial score (nSPS) is 30.1. The molecule has 7 heteroatoms. The Balaban J connectivity index is 1.93. The van der Waals surface area contributed by atoms with Crippen LogP contribution >= 0.6 is 0 Å². The standard InChI is InChI=1S/C14H20N2O5/c17-7-11-10(18)5-12(21-11)16-6-9(8-3-1-2-4-8)13(19)15-14(16)20/h6,8,10-12,17-18H,1-5,7H2,(H,15,19,20)/t10-,11+,12+/m0/s1. The van der Waals surface area contributed by atoms with Gasteiger partial charge < -0.3 is 14.9 Å². The summed E-state index contributed by atoms with van der Waals surface area (Å²) in [6.45, 7) is -0.300. The predicted octanol–water partition coefficient (Wildman–Crippen LogP) is -0.165. The van der Waals surface area contributed by atoms with Crippen LogP contribution in [0.25, 0.3) is 0 Å². The summed E-state index contributed by atoms with van der Waals surface area (Å²) in [5.41, 5.74) is -0.268. The van der Waals surface area contributed by atoms with Gasteiger partial charge >= 0.3 is 5.69 Å². The van der Waals surface area contributed by atoms with Crippen molar-refractivity contribution >= 4 is 0 Å². The van der Waals surface area contributed by atoms with E-state index in [1.165, 1.54) is 4.57 Å². The molecule has 2 aliphatic rings. The van der Waals surface area contributed by atoms with Crippen LogP contribution < -0.4 is 11.2 Å². The number of hydrogen-bond donors (Lipinski definition) is 3. The summed E-state index contributed by atoms with van der Waals surface area (Å²) in [6.07, 6.45) is 3.72. The lowest BCUT2D eigenvalue weighted by atomic mass is 10.0. The molecule has 1 aliphatic heterocycles. The quantitative estimate of drug-likeness (QED) is 0.718. The number of nitrogens with zero attached hydrogens (tertiary/aromatic N) is 1. The van der Waals surface area contributed by atoms with E-state index in [1.807, 2.05) is 0 Å². The van der Waals surface area contributed by atoms with Gasteiger partial charge in [-0.25, -0.2) is 4.79 Å². The van der Waals surface area contributed by atoms with Crippen LogP contribution in [0.3, 0.4) is 0 Å². The summed E-state index contributed by atoms with van der Waals surface area (Å²) < 4.78 is 6.82. The average Bonchev–Trinajstić information content (AvgIpc) is 3.08. The molecule has 0 spiro atoms. The fraction of sp³-hybridized carbons (Fsp3) is 0.714. The maximum atomic E-state index is 12.0. The Kier molecular flexibility index (Phi) is 3.97. The molecule has 3 N–H and O–H groups in total. The maximum Gasteiger partial charge on any atom is 0.330 e. The van der Waals surface area contributed by atoms with Crippen LogP contribution in [-0.2, 0) is 4.74 Å². The minimum Gasteiger partial charge on any atom is -0.394 e. The van der Waals surface area contributed by atoms with Gasteiger partial charge in [0.2, 0.25) is 0 Å². The summed E-state index contributed by atoms with van der Waals surface area (Å²) in [6, 6.07) is 0. The van der Waals surface area contributed by atoms with Gasteiger partial charge in [0.1, 0.15) is 12.3 Å². The summed E-state index contributed by atoms with van der Waals surface area (Å²) in [7, 11) is 0. The molecule has 21 heavy (non-hydrogen) atoms. The van der Waals surface area contributed by atoms with Gasteiger partial charge in [-0.05, 0) is 18.8 Å². The van der Waals surface area contributed by atoms with Gasteiger partial charge in [0, 0.05) is 18.2 Å². The highest BCUT2D eigenvalue weighted by Gasteiger charge is 2.35. The lowest BCUT2D eigenvalue weighted by molar-refractivity contribution is -0.0460. The van der Waals surface area contributed by atoms with Gasteiger partial charge in [-0.2, -0.15) is 0 Å². The van der Waals surface area contributed by atoms with Crippen LogP contribution in [-0.4, -0.2) is 38.6 Å². The predicted molar refractivity (Wildman–Crippen MR) is 74.2 cm³/mol. The number of H-pyrrole nitrogens is 1. The van der Waals surface area contributed by atoms with E-state index >= 15 is 0 Å². The first-order valence-corrected chi connectivity index (χ1v) is 7.40. The van der Waals surface area contributed by atoms with Crippen LogP contribution in [0.15, 0.2) is 15.8 Å². The van der Waals surface area contributed by atoms with Gasteiger partial charge in [-0.15, -0.1) is 0 Å². The van der Waals surface area contributed by atoms with Crippen molar-refractivity contribution < 1.29 is 14.9 Å². The van der Waals surface area contributed by atoms with E-state index in [-0.39, 0.29) is 24.5 Å².